The highest BCUT2D eigenvalue weighted by Crippen LogP contribution is 2.31. The normalized spacial score (nSPS) is 11.7. The smallest absolute Gasteiger partial charge is 0.471 e. The van der Waals surface area contributed by atoms with Crippen molar-refractivity contribution in [2.45, 2.75) is 26.1 Å². The zero-order valence-electron chi connectivity index (χ0n) is 11.4. The first kappa shape index (κ1) is 15.1. The summed E-state index contributed by atoms with van der Waals surface area (Å²) in [6, 6.07) is 6.00. The fourth-order valence-corrected chi connectivity index (χ4v) is 1.80. The minimum absolute atomic E-state index is 0.0385. The summed E-state index contributed by atoms with van der Waals surface area (Å²) in [5, 5.41) is 2.23. The molecule has 1 heterocycles. The van der Waals surface area contributed by atoms with Gasteiger partial charge >= 0.3 is 12.1 Å². The molecule has 0 saturated carbocycles. The van der Waals surface area contributed by atoms with Crippen LogP contribution in [0.15, 0.2) is 30.5 Å². The SMILES string of the molecule is CC(C)Oc1ccc(NC(=O)C(F)(F)F)c2cccnc12. The average molecular weight is 298 g/mol. The molecule has 0 spiro atoms. The van der Waals surface area contributed by atoms with Gasteiger partial charge in [0.2, 0.25) is 0 Å². The molecule has 0 aliphatic carbocycles. The second-order valence-electron chi connectivity index (χ2n) is 4.63. The van der Waals surface area contributed by atoms with Crippen LogP contribution in [0.1, 0.15) is 13.8 Å². The molecule has 0 fully saturated rings. The number of nitrogens with zero attached hydrogens (tertiary/aromatic N) is 1. The van der Waals surface area contributed by atoms with Gasteiger partial charge in [0.1, 0.15) is 11.3 Å². The summed E-state index contributed by atoms with van der Waals surface area (Å²) in [5.74, 6) is -1.57. The molecule has 7 heteroatoms. The number of nitrogens with one attached hydrogen (secondary N) is 1. The Morgan fingerprint density at radius 2 is 2.00 bits per heavy atom. The Hall–Kier alpha value is -2.31. The van der Waals surface area contributed by atoms with E-state index in [0.29, 0.717) is 16.7 Å². The molecule has 112 valence electrons. The summed E-state index contributed by atoms with van der Waals surface area (Å²) in [6.07, 6.45) is -3.54. The standard InChI is InChI=1S/C14H13F3N2O2/c1-8(2)21-11-6-5-10(19-13(20)14(15,16)17)9-4-3-7-18-12(9)11/h3-8H,1-2H3,(H,19,20). The van der Waals surface area contributed by atoms with Crippen molar-refractivity contribution in [1.82, 2.24) is 4.98 Å². The van der Waals surface area contributed by atoms with Crippen LogP contribution in [-0.2, 0) is 4.79 Å². The maximum Gasteiger partial charge on any atom is 0.471 e. The molecule has 0 bridgehead atoms. The summed E-state index contributed by atoms with van der Waals surface area (Å²) in [5.41, 5.74) is 0.433. The van der Waals surface area contributed by atoms with Gasteiger partial charge in [-0.1, -0.05) is 0 Å². The molecule has 0 aliphatic heterocycles. The van der Waals surface area contributed by atoms with Crippen LogP contribution in [-0.4, -0.2) is 23.2 Å². The van der Waals surface area contributed by atoms with Gasteiger partial charge in [-0.2, -0.15) is 13.2 Å². The van der Waals surface area contributed by atoms with E-state index in [-0.39, 0.29) is 11.8 Å². The van der Waals surface area contributed by atoms with Crippen molar-refractivity contribution in [2.75, 3.05) is 5.32 Å². The number of amides is 1. The fourth-order valence-electron chi connectivity index (χ4n) is 1.80. The molecule has 4 nitrogen and oxygen atoms in total. The van der Waals surface area contributed by atoms with E-state index in [9.17, 15) is 18.0 Å². The lowest BCUT2D eigenvalue weighted by molar-refractivity contribution is -0.167. The van der Waals surface area contributed by atoms with Crippen LogP contribution in [0, 0.1) is 0 Å². The van der Waals surface area contributed by atoms with Crippen molar-refractivity contribution in [3.05, 3.63) is 30.5 Å². The number of anilines is 1. The average Bonchev–Trinajstić information content (AvgIpc) is 2.40. The molecule has 1 amide bonds. The van der Waals surface area contributed by atoms with Gasteiger partial charge in [-0.05, 0) is 38.1 Å². The quantitative estimate of drug-likeness (QED) is 0.943. The van der Waals surface area contributed by atoms with Gasteiger partial charge in [-0.25, -0.2) is 0 Å². The summed E-state index contributed by atoms with van der Waals surface area (Å²) >= 11 is 0. The zero-order valence-corrected chi connectivity index (χ0v) is 11.4. The number of hydrogen-bond donors (Lipinski definition) is 1. The molecule has 1 aromatic carbocycles. The molecule has 0 radical (unpaired) electrons. The van der Waals surface area contributed by atoms with E-state index in [1.165, 1.54) is 18.3 Å². The molecule has 0 unspecified atom stereocenters. The third-order valence-electron chi connectivity index (χ3n) is 2.60. The molecular weight excluding hydrogens is 285 g/mol. The predicted octanol–water partition coefficient (Wildman–Crippen LogP) is 3.52. The van der Waals surface area contributed by atoms with Crippen molar-refractivity contribution in [2.24, 2.45) is 0 Å². The number of aromatic nitrogens is 1. The monoisotopic (exact) mass is 298 g/mol. The lowest BCUT2D eigenvalue weighted by Crippen LogP contribution is -2.30. The summed E-state index contributed by atoms with van der Waals surface area (Å²) in [7, 11) is 0. The Balaban J connectivity index is 2.45. The van der Waals surface area contributed by atoms with Gasteiger partial charge in [-0.15, -0.1) is 0 Å². The van der Waals surface area contributed by atoms with Crippen LogP contribution in [0.4, 0.5) is 18.9 Å². The molecule has 1 aromatic heterocycles. The van der Waals surface area contributed by atoms with E-state index >= 15 is 0 Å². The second kappa shape index (κ2) is 5.59. The van der Waals surface area contributed by atoms with Crippen LogP contribution in [0.3, 0.4) is 0 Å². The predicted molar refractivity (Wildman–Crippen MR) is 72.2 cm³/mol. The first-order valence-corrected chi connectivity index (χ1v) is 6.21. The van der Waals surface area contributed by atoms with E-state index in [4.69, 9.17) is 4.74 Å². The maximum atomic E-state index is 12.3. The van der Waals surface area contributed by atoms with Crippen molar-refractivity contribution in [3.8, 4) is 5.75 Å². The molecule has 2 aromatic rings. The Labute approximate surface area is 118 Å². The number of carbonyl (C=O) groups excluding carboxylic acids is 1. The van der Waals surface area contributed by atoms with Gasteiger partial charge in [0.25, 0.3) is 0 Å². The maximum absolute atomic E-state index is 12.3. The Bertz CT molecular complexity index is 669. The molecule has 0 aliphatic rings. The van der Waals surface area contributed by atoms with Crippen molar-refractivity contribution >= 4 is 22.5 Å². The number of ether oxygens (including phenoxy) is 1. The summed E-state index contributed by atoms with van der Waals surface area (Å²) in [6.45, 7) is 3.65. The van der Waals surface area contributed by atoms with Crippen LogP contribution in [0.2, 0.25) is 0 Å². The first-order valence-electron chi connectivity index (χ1n) is 6.21. The molecular formula is C14H13F3N2O2. The highest BCUT2D eigenvalue weighted by atomic mass is 19.4. The summed E-state index contributed by atoms with van der Waals surface area (Å²) < 4.78 is 42.6. The van der Waals surface area contributed by atoms with Crippen LogP contribution in [0.5, 0.6) is 5.75 Å². The first-order chi connectivity index (χ1) is 9.79. The van der Waals surface area contributed by atoms with Crippen molar-refractivity contribution in [1.29, 1.82) is 0 Å². The van der Waals surface area contributed by atoms with Crippen molar-refractivity contribution < 1.29 is 22.7 Å². The molecule has 0 atom stereocenters. The van der Waals surface area contributed by atoms with Gasteiger partial charge in [0.05, 0.1) is 11.8 Å². The lowest BCUT2D eigenvalue weighted by atomic mass is 10.1. The van der Waals surface area contributed by atoms with E-state index in [1.54, 1.807) is 12.1 Å². The number of benzene rings is 1. The lowest BCUT2D eigenvalue weighted by Gasteiger charge is -2.15. The molecule has 1 N–H and O–H groups in total. The number of halogens is 3. The minimum atomic E-state index is -4.94. The Kier molecular flexibility index (Phi) is 4.02. The van der Waals surface area contributed by atoms with E-state index in [0.717, 1.165) is 0 Å². The number of fused-ring (bicyclic) bond motifs is 1. The van der Waals surface area contributed by atoms with E-state index < -0.39 is 12.1 Å². The number of hydrogen-bond acceptors (Lipinski definition) is 3. The number of alkyl halides is 3. The summed E-state index contributed by atoms with van der Waals surface area (Å²) in [4.78, 5) is 15.2. The van der Waals surface area contributed by atoms with Gasteiger partial charge in [0.15, 0.2) is 0 Å². The third kappa shape index (κ3) is 3.42. The number of rotatable bonds is 3. The van der Waals surface area contributed by atoms with Gasteiger partial charge in [-0.3, -0.25) is 9.78 Å². The van der Waals surface area contributed by atoms with Crippen LogP contribution >= 0.6 is 0 Å². The van der Waals surface area contributed by atoms with E-state index in [2.05, 4.69) is 4.98 Å². The van der Waals surface area contributed by atoms with Crippen LogP contribution < -0.4 is 10.1 Å². The van der Waals surface area contributed by atoms with Crippen LogP contribution in [0.25, 0.3) is 10.9 Å². The second-order valence-corrected chi connectivity index (χ2v) is 4.63. The number of carbonyl (C=O) groups is 1. The fraction of sp³-hybridized carbons (Fsp3) is 0.286. The third-order valence-corrected chi connectivity index (χ3v) is 2.60. The van der Waals surface area contributed by atoms with E-state index in [1.807, 2.05) is 19.2 Å². The minimum Gasteiger partial charge on any atom is -0.489 e. The topological polar surface area (TPSA) is 51.2 Å². The van der Waals surface area contributed by atoms with Crippen molar-refractivity contribution in [3.63, 3.8) is 0 Å². The number of pyridine rings is 1. The zero-order chi connectivity index (χ0) is 15.6. The Morgan fingerprint density at radius 3 is 2.62 bits per heavy atom. The largest absolute Gasteiger partial charge is 0.489 e. The van der Waals surface area contributed by atoms with Gasteiger partial charge in [0, 0.05) is 11.6 Å². The Morgan fingerprint density at radius 1 is 1.29 bits per heavy atom. The highest BCUT2D eigenvalue weighted by Gasteiger charge is 2.38. The molecule has 2 rings (SSSR count). The highest BCUT2D eigenvalue weighted by molar-refractivity contribution is 6.04. The van der Waals surface area contributed by atoms with Gasteiger partial charge < -0.3 is 10.1 Å². The molecule has 0 saturated heterocycles. The molecule has 21 heavy (non-hydrogen) atoms.